The van der Waals surface area contributed by atoms with Crippen LogP contribution in [0, 0.1) is 11.3 Å². The largest absolute Gasteiger partial charge is 0.454 e. The van der Waals surface area contributed by atoms with E-state index in [2.05, 4.69) is 10.6 Å². The molecule has 0 aromatic heterocycles. The van der Waals surface area contributed by atoms with Crippen molar-refractivity contribution in [1.82, 2.24) is 5.32 Å². The lowest BCUT2D eigenvalue weighted by Crippen LogP contribution is -2.24. The Morgan fingerprint density at radius 3 is 2.85 bits per heavy atom. The molecular formula is C18H15ClN4O3. The van der Waals surface area contributed by atoms with Crippen molar-refractivity contribution in [3.63, 3.8) is 0 Å². The van der Waals surface area contributed by atoms with Crippen molar-refractivity contribution in [3.05, 3.63) is 58.8 Å². The van der Waals surface area contributed by atoms with Gasteiger partial charge in [-0.15, -0.1) is 0 Å². The van der Waals surface area contributed by atoms with Crippen LogP contribution in [0.25, 0.3) is 0 Å². The molecule has 2 aromatic carbocycles. The van der Waals surface area contributed by atoms with Crippen LogP contribution in [0.4, 0.5) is 11.4 Å². The molecule has 0 saturated heterocycles. The zero-order valence-corrected chi connectivity index (χ0v) is 14.3. The highest BCUT2D eigenvalue weighted by Crippen LogP contribution is 2.32. The van der Waals surface area contributed by atoms with Gasteiger partial charge < -0.3 is 25.8 Å². The standard InChI is InChI=1S/C18H15ClN4O3/c19-14-6-13(21)2-3-15(14)22-9-12(7-20)18(24)23-8-11-1-4-16-17(5-11)26-10-25-16/h1-6,9,22H,8,10,21H2,(H,23,24)/b12-9-. The van der Waals surface area contributed by atoms with Gasteiger partial charge in [0.15, 0.2) is 11.5 Å². The molecule has 0 aliphatic carbocycles. The van der Waals surface area contributed by atoms with E-state index < -0.39 is 5.91 Å². The summed E-state index contributed by atoms with van der Waals surface area (Å²) in [7, 11) is 0. The Balaban J connectivity index is 1.62. The van der Waals surface area contributed by atoms with E-state index in [0.717, 1.165) is 5.56 Å². The van der Waals surface area contributed by atoms with E-state index in [1.54, 1.807) is 30.3 Å². The minimum absolute atomic E-state index is 0.0846. The maximum Gasteiger partial charge on any atom is 0.263 e. The number of nitrogen functional groups attached to an aromatic ring is 1. The molecular weight excluding hydrogens is 356 g/mol. The number of nitrogens with zero attached hydrogens (tertiary/aromatic N) is 1. The molecule has 2 aromatic rings. The summed E-state index contributed by atoms with van der Waals surface area (Å²) in [6.45, 7) is 0.433. The lowest BCUT2D eigenvalue weighted by Gasteiger charge is -2.07. The Labute approximate surface area is 155 Å². The summed E-state index contributed by atoms with van der Waals surface area (Å²) < 4.78 is 10.5. The number of rotatable bonds is 5. The monoisotopic (exact) mass is 370 g/mol. The zero-order valence-electron chi connectivity index (χ0n) is 13.6. The maximum absolute atomic E-state index is 12.2. The molecule has 0 spiro atoms. The van der Waals surface area contributed by atoms with Gasteiger partial charge in [-0.25, -0.2) is 0 Å². The quantitative estimate of drug-likeness (QED) is 0.424. The first kappa shape index (κ1) is 17.5. The van der Waals surface area contributed by atoms with E-state index in [9.17, 15) is 10.1 Å². The minimum atomic E-state index is -0.510. The molecule has 4 N–H and O–H groups in total. The molecule has 3 rings (SSSR count). The summed E-state index contributed by atoms with van der Waals surface area (Å²) >= 11 is 6.05. The third-order valence-electron chi connectivity index (χ3n) is 3.62. The van der Waals surface area contributed by atoms with Gasteiger partial charge in [-0.2, -0.15) is 5.26 Å². The minimum Gasteiger partial charge on any atom is -0.454 e. The maximum atomic E-state index is 12.2. The van der Waals surface area contributed by atoms with Gasteiger partial charge in [0.1, 0.15) is 11.6 Å². The Hall–Kier alpha value is -3.37. The predicted octanol–water partition coefficient (Wildman–Crippen LogP) is 2.79. The smallest absolute Gasteiger partial charge is 0.263 e. The summed E-state index contributed by atoms with van der Waals surface area (Å²) in [5, 5.41) is 15.1. The van der Waals surface area contributed by atoms with Gasteiger partial charge in [-0.05, 0) is 35.9 Å². The van der Waals surface area contributed by atoms with E-state index in [1.165, 1.54) is 6.20 Å². The number of carbonyl (C=O) groups excluding carboxylic acids is 1. The number of hydrogen-bond donors (Lipinski definition) is 3. The predicted molar refractivity (Wildman–Crippen MR) is 97.6 cm³/mol. The highest BCUT2D eigenvalue weighted by Gasteiger charge is 2.14. The molecule has 0 unspecified atom stereocenters. The van der Waals surface area contributed by atoms with Crippen LogP contribution in [-0.2, 0) is 11.3 Å². The molecule has 1 heterocycles. The number of halogens is 1. The average Bonchev–Trinajstić information content (AvgIpc) is 3.09. The second-order valence-electron chi connectivity index (χ2n) is 5.42. The van der Waals surface area contributed by atoms with Crippen molar-refractivity contribution in [2.45, 2.75) is 6.54 Å². The van der Waals surface area contributed by atoms with Crippen molar-refractivity contribution >= 4 is 28.9 Å². The number of ether oxygens (including phenoxy) is 2. The first-order valence-corrected chi connectivity index (χ1v) is 8.03. The van der Waals surface area contributed by atoms with Crippen LogP contribution in [0.1, 0.15) is 5.56 Å². The normalized spacial score (nSPS) is 12.4. The molecule has 1 aliphatic heterocycles. The number of hydrogen-bond acceptors (Lipinski definition) is 6. The molecule has 7 nitrogen and oxygen atoms in total. The third kappa shape index (κ3) is 3.99. The number of fused-ring (bicyclic) bond motifs is 1. The van der Waals surface area contributed by atoms with Gasteiger partial charge in [-0.3, -0.25) is 4.79 Å². The van der Waals surface area contributed by atoms with Gasteiger partial charge in [0, 0.05) is 18.4 Å². The average molecular weight is 371 g/mol. The fourth-order valence-corrected chi connectivity index (χ4v) is 2.52. The number of benzene rings is 2. The summed E-state index contributed by atoms with van der Waals surface area (Å²) in [4.78, 5) is 12.2. The van der Waals surface area contributed by atoms with Crippen LogP contribution in [0.5, 0.6) is 11.5 Å². The van der Waals surface area contributed by atoms with E-state index in [4.69, 9.17) is 26.8 Å². The molecule has 0 fully saturated rings. The molecule has 1 amide bonds. The second kappa shape index (κ2) is 7.68. The van der Waals surface area contributed by atoms with Crippen molar-refractivity contribution in [1.29, 1.82) is 5.26 Å². The van der Waals surface area contributed by atoms with Gasteiger partial charge in [-0.1, -0.05) is 17.7 Å². The molecule has 132 valence electrons. The number of nitriles is 1. The molecule has 0 atom stereocenters. The van der Waals surface area contributed by atoms with E-state index >= 15 is 0 Å². The SMILES string of the molecule is N#C/C(=C/Nc1ccc(N)cc1Cl)C(=O)NCc1ccc2c(c1)OCO2. The molecule has 1 aliphatic rings. The van der Waals surface area contributed by atoms with E-state index in [0.29, 0.717) is 27.9 Å². The van der Waals surface area contributed by atoms with Crippen LogP contribution < -0.4 is 25.8 Å². The molecule has 0 saturated carbocycles. The van der Waals surface area contributed by atoms with Crippen molar-refractivity contribution in [2.75, 3.05) is 17.8 Å². The Morgan fingerprint density at radius 1 is 1.27 bits per heavy atom. The Bertz CT molecular complexity index is 921. The second-order valence-corrected chi connectivity index (χ2v) is 5.83. The number of nitrogens with two attached hydrogens (primary N) is 1. The van der Waals surface area contributed by atoms with Crippen molar-refractivity contribution in [2.24, 2.45) is 0 Å². The van der Waals surface area contributed by atoms with Gasteiger partial charge in [0.2, 0.25) is 6.79 Å². The van der Waals surface area contributed by atoms with Crippen molar-refractivity contribution < 1.29 is 14.3 Å². The van der Waals surface area contributed by atoms with Crippen molar-refractivity contribution in [3.8, 4) is 17.6 Å². The number of amides is 1. The lowest BCUT2D eigenvalue weighted by atomic mass is 10.2. The fourth-order valence-electron chi connectivity index (χ4n) is 2.28. The summed E-state index contributed by atoms with van der Waals surface area (Å²) in [6, 6.07) is 12.1. The molecule has 26 heavy (non-hydrogen) atoms. The highest BCUT2D eigenvalue weighted by molar-refractivity contribution is 6.33. The summed E-state index contributed by atoms with van der Waals surface area (Å²) in [5.74, 6) is 0.791. The fraction of sp³-hybridized carbons (Fsp3) is 0.111. The summed E-state index contributed by atoms with van der Waals surface area (Å²) in [5.41, 5.74) is 7.43. The number of anilines is 2. The van der Waals surface area contributed by atoms with Crippen LogP contribution in [0.15, 0.2) is 48.2 Å². The zero-order chi connectivity index (χ0) is 18.5. The molecule has 0 radical (unpaired) electrons. The van der Waals surface area contributed by atoms with Gasteiger partial charge in [0.05, 0.1) is 10.7 Å². The van der Waals surface area contributed by atoms with Crippen LogP contribution in [0.3, 0.4) is 0 Å². The van der Waals surface area contributed by atoms with Crippen LogP contribution in [0.2, 0.25) is 5.02 Å². The first-order chi connectivity index (χ1) is 12.6. The topological polar surface area (TPSA) is 109 Å². The van der Waals surface area contributed by atoms with Gasteiger partial charge >= 0.3 is 0 Å². The third-order valence-corrected chi connectivity index (χ3v) is 3.93. The van der Waals surface area contributed by atoms with Gasteiger partial charge in [0.25, 0.3) is 5.91 Å². The van der Waals surface area contributed by atoms with E-state index in [-0.39, 0.29) is 18.9 Å². The van der Waals surface area contributed by atoms with E-state index in [1.807, 2.05) is 12.1 Å². The first-order valence-electron chi connectivity index (χ1n) is 7.65. The number of carbonyl (C=O) groups is 1. The molecule has 8 heteroatoms. The lowest BCUT2D eigenvalue weighted by molar-refractivity contribution is -0.117. The number of nitrogens with one attached hydrogen (secondary N) is 2. The molecule has 0 bridgehead atoms. The Kier molecular flexibility index (Phi) is 5.15. The van der Waals surface area contributed by atoms with Crippen LogP contribution >= 0.6 is 11.6 Å². The summed E-state index contributed by atoms with van der Waals surface area (Å²) in [6.07, 6.45) is 1.30. The Morgan fingerprint density at radius 2 is 2.08 bits per heavy atom. The highest BCUT2D eigenvalue weighted by atomic mass is 35.5. The van der Waals surface area contributed by atoms with Crippen LogP contribution in [-0.4, -0.2) is 12.7 Å².